The first-order chi connectivity index (χ1) is 8.12. The van der Waals surface area contributed by atoms with Crippen molar-refractivity contribution in [1.29, 1.82) is 5.26 Å². The SMILES string of the molecule is COc1ccc(CN(C)C(C)C#N)c(OC)c1. The maximum Gasteiger partial charge on any atom is 0.127 e. The molecule has 1 atom stereocenters. The number of rotatable bonds is 5. The van der Waals surface area contributed by atoms with E-state index in [-0.39, 0.29) is 6.04 Å². The lowest BCUT2D eigenvalue weighted by Gasteiger charge is -2.20. The van der Waals surface area contributed by atoms with Crippen molar-refractivity contribution in [2.45, 2.75) is 19.5 Å². The highest BCUT2D eigenvalue weighted by Crippen LogP contribution is 2.25. The van der Waals surface area contributed by atoms with Crippen molar-refractivity contribution in [1.82, 2.24) is 4.90 Å². The minimum absolute atomic E-state index is 0.123. The van der Waals surface area contributed by atoms with E-state index in [4.69, 9.17) is 14.7 Å². The van der Waals surface area contributed by atoms with Gasteiger partial charge in [0.15, 0.2) is 0 Å². The van der Waals surface area contributed by atoms with Gasteiger partial charge in [-0.2, -0.15) is 5.26 Å². The zero-order valence-electron chi connectivity index (χ0n) is 10.7. The average molecular weight is 234 g/mol. The first-order valence-electron chi connectivity index (χ1n) is 5.43. The molecule has 0 heterocycles. The van der Waals surface area contributed by atoms with E-state index in [1.165, 1.54) is 0 Å². The van der Waals surface area contributed by atoms with Crippen LogP contribution < -0.4 is 9.47 Å². The molecule has 0 aliphatic rings. The van der Waals surface area contributed by atoms with E-state index in [0.29, 0.717) is 6.54 Å². The van der Waals surface area contributed by atoms with E-state index < -0.39 is 0 Å². The second-order valence-corrected chi connectivity index (χ2v) is 3.90. The van der Waals surface area contributed by atoms with E-state index in [2.05, 4.69) is 6.07 Å². The first-order valence-corrected chi connectivity index (χ1v) is 5.43. The normalized spacial score (nSPS) is 12.0. The Kier molecular flexibility index (Phi) is 4.80. The van der Waals surface area contributed by atoms with Crippen molar-refractivity contribution in [2.24, 2.45) is 0 Å². The topological polar surface area (TPSA) is 45.5 Å². The van der Waals surface area contributed by atoms with Crippen molar-refractivity contribution in [3.63, 3.8) is 0 Å². The molecule has 0 aliphatic carbocycles. The van der Waals surface area contributed by atoms with Gasteiger partial charge in [0.1, 0.15) is 11.5 Å². The molecule has 0 saturated heterocycles. The van der Waals surface area contributed by atoms with Crippen LogP contribution in [0.3, 0.4) is 0 Å². The Morgan fingerprint density at radius 1 is 1.35 bits per heavy atom. The smallest absolute Gasteiger partial charge is 0.127 e. The molecule has 1 rings (SSSR count). The van der Waals surface area contributed by atoms with Crippen LogP contribution in [0.4, 0.5) is 0 Å². The third-order valence-corrected chi connectivity index (χ3v) is 2.76. The Hall–Kier alpha value is -1.73. The molecule has 17 heavy (non-hydrogen) atoms. The molecule has 0 fully saturated rings. The maximum atomic E-state index is 8.85. The summed E-state index contributed by atoms with van der Waals surface area (Å²) in [6.07, 6.45) is 0. The lowest BCUT2D eigenvalue weighted by Crippen LogP contribution is -2.27. The van der Waals surface area contributed by atoms with Crippen LogP contribution in [-0.2, 0) is 6.54 Å². The minimum Gasteiger partial charge on any atom is -0.497 e. The molecule has 0 radical (unpaired) electrons. The summed E-state index contributed by atoms with van der Waals surface area (Å²) in [5, 5.41) is 8.85. The van der Waals surface area contributed by atoms with Gasteiger partial charge in [-0.25, -0.2) is 0 Å². The van der Waals surface area contributed by atoms with Crippen LogP contribution in [0.25, 0.3) is 0 Å². The van der Waals surface area contributed by atoms with Gasteiger partial charge in [-0.1, -0.05) is 6.07 Å². The summed E-state index contributed by atoms with van der Waals surface area (Å²) in [4.78, 5) is 1.96. The fourth-order valence-electron chi connectivity index (χ4n) is 1.49. The van der Waals surface area contributed by atoms with Gasteiger partial charge in [-0.05, 0) is 20.0 Å². The first kappa shape index (κ1) is 13.3. The number of hydrogen-bond donors (Lipinski definition) is 0. The molecule has 1 aromatic rings. The summed E-state index contributed by atoms with van der Waals surface area (Å²) < 4.78 is 10.5. The molecule has 0 N–H and O–H groups in total. The summed E-state index contributed by atoms with van der Waals surface area (Å²) in [5.41, 5.74) is 1.04. The summed E-state index contributed by atoms with van der Waals surface area (Å²) in [6.45, 7) is 2.54. The van der Waals surface area contributed by atoms with Crippen LogP contribution >= 0.6 is 0 Å². The highest BCUT2D eigenvalue weighted by atomic mass is 16.5. The summed E-state index contributed by atoms with van der Waals surface area (Å²) in [5.74, 6) is 1.54. The van der Waals surface area contributed by atoms with Crippen molar-refractivity contribution in [3.8, 4) is 17.6 Å². The van der Waals surface area contributed by atoms with Crippen molar-refractivity contribution < 1.29 is 9.47 Å². The third-order valence-electron chi connectivity index (χ3n) is 2.76. The molecule has 0 aromatic heterocycles. The van der Waals surface area contributed by atoms with Gasteiger partial charge in [0.05, 0.1) is 26.3 Å². The standard InChI is InChI=1S/C13H18N2O2/c1-10(8-14)15(2)9-11-5-6-12(16-3)7-13(11)17-4/h5-7,10H,9H2,1-4H3. The maximum absolute atomic E-state index is 8.85. The monoisotopic (exact) mass is 234 g/mol. The lowest BCUT2D eigenvalue weighted by molar-refractivity contribution is 0.287. The Morgan fingerprint density at radius 2 is 2.06 bits per heavy atom. The van der Waals surface area contributed by atoms with Crippen LogP contribution in [0.15, 0.2) is 18.2 Å². The van der Waals surface area contributed by atoms with E-state index in [9.17, 15) is 0 Å². The number of nitriles is 1. The van der Waals surface area contributed by atoms with E-state index >= 15 is 0 Å². The average Bonchev–Trinajstić information content (AvgIpc) is 2.37. The summed E-state index contributed by atoms with van der Waals surface area (Å²) >= 11 is 0. The highest BCUT2D eigenvalue weighted by molar-refractivity contribution is 5.40. The number of nitrogens with zero attached hydrogens (tertiary/aromatic N) is 2. The van der Waals surface area contributed by atoms with Gasteiger partial charge in [0, 0.05) is 18.2 Å². The third kappa shape index (κ3) is 3.36. The molecule has 1 unspecified atom stereocenters. The van der Waals surface area contributed by atoms with E-state index in [0.717, 1.165) is 17.1 Å². The molecule has 4 nitrogen and oxygen atoms in total. The predicted octanol–water partition coefficient (Wildman–Crippen LogP) is 2.05. The van der Waals surface area contributed by atoms with Gasteiger partial charge in [0.25, 0.3) is 0 Å². The molecule has 1 aromatic carbocycles. The molecule has 0 spiro atoms. The van der Waals surface area contributed by atoms with Crippen LogP contribution in [0.1, 0.15) is 12.5 Å². The largest absolute Gasteiger partial charge is 0.497 e. The van der Waals surface area contributed by atoms with Gasteiger partial charge in [0.2, 0.25) is 0 Å². The summed E-state index contributed by atoms with van der Waals surface area (Å²) in [6, 6.07) is 7.78. The molecule has 0 aliphatic heterocycles. The predicted molar refractivity (Wildman–Crippen MR) is 66.1 cm³/mol. The Morgan fingerprint density at radius 3 is 2.59 bits per heavy atom. The molecular weight excluding hydrogens is 216 g/mol. The van der Waals surface area contributed by atoms with Gasteiger partial charge >= 0.3 is 0 Å². The quantitative estimate of drug-likeness (QED) is 0.782. The van der Waals surface area contributed by atoms with Gasteiger partial charge in [-0.15, -0.1) is 0 Å². The number of ether oxygens (including phenoxy) is 2. The number of methoxy groups -OCH3 is 2. The van der Waals surface area contributed by atoms with Crippen LogP contribution in [0.2, 0.25) is 0 Å². The van der Waals surface area contributed by atoms with Crippen LogP contribution in [0.5, 0.6) is 11.5 Å². The van der Waals surface area contributed by atoms with Crippen LogP contribution in [0, 0.1) is 11.3 Å². The van der Waals surface area contributed by atoms with Crippen molar-refractivity contribution in [3.05, 3.63) is 23.8 Å². The van der Waals surface area contributed by atoms with Crippen molar-refractivity contribution >= 4 is 0 Å². The second-order valence-electron chi connectivity index (χ2n) is 3.90. The fourth-order valence-corrected chi connectivity index (χ4v) is 1.49. The molecular formula is C13H18N2O2. The molecule has 0 saturated carbocycles. The molecule has 92 valence electrons. The van der Waals surface area contributed by atoms with E-state index in [1.54, 1.807) is 14.2 Å². The molecule has 0 amide bonds. The minimum atomic E-state index is -0.123. The highest BCUT2D eigenvalue weighted by Gasteiger charge is 2.12. The number of hydrogen-bond acceptors (Lipinski definition) is 4. The second kappa shape index (κ2) is 6.12. The Labute approximate surface area is 102 Å². The number of benzene rings is 1. The van der Waals surface area contributed by atoms with E-state index in [1.807, 2.05) is 37.1 Å². The molecule has 4 heteroatoms. The summed E-state index contributed by atoms with van der Waals surface area (Å²) in [7, 11) is 5.17. The lowest BCUT2D eigenvalue weighted by atomic mass is 10.1. The molecule has 0 bridgehead atoms. The van der Waals surface area contributed by atoms with Crippen LogP contribution in [-0.4, -0.2) is 32.2 Å². The van der Waals surface area contributed by atoms with Gasteiger partial charge in [-0.3, -0.25) is 4.90 Å². The zero-order chi connectivity index (χ0) is 12.8. The Bertz CT molecular complexity index is 412. The van der Waals surface area contributed by atoms with Gasteiger partial charge < -0.3 is 9.47 Å². The van der Waals surface area contributed by atoms with Crippen molar-refractivity contribution in [2.75, 3.05) is 21.3 Å². The zero-order valence-corrected chi connectivity index (χ0v) is 10.7. The Balaban J connectivity index is 2.88. The fraction of sp³-hybridized carbons (Fsp3) is 0.462.